The molecular weight excluding hydrogens is 462 g/mol. The first-order valence-electron chi connectivity index (χ1n) is 9.97. The van der Waals surface area contributed by atoms with Gasteiger partial charge in [-0.2, -0.15) is 5.26 Å². The van der Waals surface area contributed by atoms with Crippen molar-refractivity contribution in [1.29, 1.82) is 5.26 Å². The van der Waals surface area contributed by atoms with Crippen molar-refractivity contribution in [3.05, 3.63) is 81.8 Å². The van der Waals surface area contributed by atoms with E-state index in [0.29, 0.717) is 16.3 Å². The SMILES string of the molecule is CCSc1ccc(Cl)cc1N1C(N)=C(C#N)C(c2ccccc2)C(C(=O)OC)=C1C(=O)OC. The van der Waals surface area contributed by atoms with Crippen LogP contribution in [0.15, 0.2) is 76.1 Å². The molecule has 33 heavy (non-hydrogen) atoms. The van der Waals surface area contributed by atoms with Gasteiger partial charge in [-0.25, -0.2) is 9.59 Å². The zero-order valence-corrected chi connectivity index (χ0v) is 19.9. The van der Waals surface area contributed by atoms with E-state index in [1.165, 1.54) is 30.9 Å². The standard InChI is InChI=1S/C24H22ClN3O4S/c1-4-33-18-11-10-15(25)12-17(18)28-21(24(30)32-3)20(23(29)31-2)19(16(13-26)22(28)27)14-8-6-5-7-9-14/h5-12,19H,4,27H2,1-3H3. The number of nitrogens with two attached hydrogens (primary N) is 1. The monoisotopic (exact) mass is 483 g/mol. The lowest BCUT2D eigenvalue weighted by Crippen LogP contribution is -2.41. The Balaban J connectivity index is 2.45. The summed E-state index contributed by atoms with van der Waals surface area (Å²) in [5.41, 5.74) is 7.51. The van der Waals surface area contributed by atoms with Crippen LogP contribution in [0.4, 0.5) is 5.69 Å². The molecule has 0 spiro atoms. The van der Waals surface area contributed by atoms with Crippen LogP contribution < -0.4 is 10.6 Å². The van der Waals surface area contributed by atoms with Gasteiger partial charge in [0.15, 0.2) is 0 Å². The minimum absolute atomic E-state index is 0.000346. The van der Waals surface area contributed by atoms with Crippen molar-refractivity contribution in [2.24, 2.45) is 5.73 Å². The molecule has 0 aromatic heterocycles. The molecule has 0 bridgehead atoms. The number of allylic oxidation sites excluding steroid dienone is 1. The minimum Gasteiger partial charge on any atom is -0.466 e. The van der Waals surface area contributed by atoms with Crippen molar-refractivity contribution in [3.8, 4) is 6.07 Å². The van der Waals surface area contributed by atoms with Gasteiger partial charge in [-0.05, 0) is 29.5 Å². The maximum atomic E-state index is 13.1. The van der Waals surface area contributed by atoms with Crippen LogP contribution in [0.25, 0.3) is 0 Å². The first kappa shape index (κ1) is 24.2. The second kappa shape index (κ2) is 10.5. The molecule has 1 unspecified atom stereocenters. The van der Waals surface area contributed by atoms with E-state index < -0.39 is 17.9 Å². The Hall–Kier alpha value is -3.41. The van der Waals surface area contributed by atoms with Gasteiger partial charge in [-0.3, -0.25) is 4.90 Å². The number of carbonyl (C=O) groups excluding carboxylic acids is 2. The first-order valence-corrected chi connectivity index (χ1v) is 11.3. The van der Waals surface area contributed by atoms with Crippen molar-refractivity contribution in [3.63, 3.8) is 0 Å². The molecule has 2 aromatic rings. The fourth-order valence-corrected chi connectivity index (χ4v) is 4.65. The number of hydrogen-bond donors (Lipinski definition) is 1. The number of carbonyl (C=O) groups is 2. The van der Waals surface area contributed by atoms with E-state index in [1.807, 2.05) is 6.92 Å². The number of halogens is 1. The Morgan fingerprint density at radius 1 is 1.15 bits per heavy atom. The van der Waals surface area contributed by atoms with E-state index in [9.17, 15) is 14.9 Å². The number of methoxy groups -OCH3 is 2. The molecule has 9 heteroatoms. The molecule has 2 aromatic carbocycles. The number of rotatable bonds is 6. The van der Waals surface area contributed by atoms with Crippen LogP contribution in [0.2, 0.25) is 5.02 Å². The summed E-state index contributed by atoms with van der Waals surface area (Å²) in [6.07, 6.45) is 0. The number of nitrogens with zero attached hydrogens (tertiary/aromatic N) is 2. The van der Waals surface area contributed by atoms with E-state index in [1.54, 1.807) is 48.5 Å². The Morgan fingerprint density at radius 3 is 2.39 bits per heavy atom. The summed E-state index contributed by atoms with van der Waals surface area (Å²) in [5.74, 6) is -1.77. The number of ether oxygens (including phenoxy) is 2. The molecule has 1 aliphatic rings. The molecule has 0 saturated carbocycles. The zero-order valence-electron chi connectivity index (χ0n) is 18.3. The number of hydrogen-bond acceptors (Lipinski definition) is 8. The molecule has 1 atom stereocenters. The van der Waals surface area contributed by atoms with Gasteiger partial charge in [-0.15, -0.1) is 11.8 Å². The van der Waals surface area contributed by atoms with Gasteiger partial charge in [0.25, 0.3) is 0 Å². The molecule has 1 heterocycles. The largest absolute Gasteiger partial charge is 0.466 e. The third kappa shape index (κ3) is 4.56. The van der Waals surface area contributed by atoms with E-state index in [2.05, 4.69) is 6.07 Å². The predicted octanol–water partition coefficient (Wildman–Crippen LogP) is 4.35. The van der Waals surface area contributed by atoms with Gasteiger partial charge in [-0.1, -0.05) is 48.9 Å². The highest BCUT2D eigenvalue weighted by molar-refractivity contribution is 7.99. The second-order valence-corrected chi connectivity index (χ2v) is 8.62. The summed E-state index contributed by atoms with van der Waals surface area (Å²) in [7, 11) is 2.42. The molecular formula is C24H22ClN3O4S. The lowest BCUT2D eigenvalue weighted by molar-refractivity contribution is -0.139. The maximum Gasteiger partial charge on any atom is 0.355 e. The highest BCUT2D eigenvalue weighted by atomic mass is 35.5. The highest BCUT2D eigenvalue weighted by Crippen LogP contribution is 2.45. The molecule has 0 saturated heterocycles. The quantitative estimate of drug-likeness (QED) is 0.477. The Kier molecular flexibility index (Phi) is 7.69. The van der Waals surface area contributed by atoms with Gasteiger partial charge in [0, 0.05) is 9.92 Å². The fraction of sp³-hybridized carbons (Fsp3) is 0.208. The lowest BCUT2D eigenvalue weighted by atomic mass is 9.81. The van der Waals surface area contributed by atoms with Crippen LogP contribution >= 0.6 is 23.4 Å². The number of thioether (sulfide) groups is 1. The maximum absolute atomic E-state index is 13.1. The third-order valence-electron chi connectivity index (χ3n) is 5.07. The molecule has 3 rings (SSSR count). The number of nitriles is 1. The molecule has 1 aliphatic heterocycles. The van der Waals surface area contributed by atoms with Gasteiger partial charge in [0.05, 0.1) is 43.0 Å². The lowest BCUT2D eigenvalue weighted by Gasteiger charge is -2.36. The van der Waals surface area contributed by atoms with E-state index in [0.717, 1.165) is 10.6 Å². The first-order chi connectivity index (χ1) is 15.9. The van der Waals surface area contributed by atoms with E-state index in [4.69, 9.17) is 26.8 Å². The Bertz CT molecular complexity index is 1190. The average Bonchev–Trinajstić information content (AvgIpc) is 2.84. The molecule has 2 N–H and O–H groups in total. The number of anilines is 1. The fourth-order valence-electron chi connectivity index (χ4n) is 3.71. The smallest absolute Gasteiger partial charge is 0.355 e. The molecule has 0 radical (unpaired) electrons. The van der Waals surface area contributed by atoms with Crippen LogP contribution in [0.3, 0.4) is 0 Å². The minimum atomic E-state index is -0.921. The van der Waals surface area contributed by atoms with Crippen LogP contribution in [-0.2, 0) is 19.1 Å². The molecule has 0 aliphatic carbocycles. The predicted molar refractivity (Wildman–Crippen MR) is 127 cm³/mol. The normalized spacial score (nSPS) is 15.8. The molecule has 0 fully saturated rings. The Morgan fingerprint density at radius 2 is 1.82 bits per heavy atom. The van der Waals surface area contributed by atoms with Crippen LogP contribution in [0.1, 0.15) is 18.4 Å². The second-order valence-electron chi connectivity index (χ2n) is 6.88. The van der Waals surface area contributed by atoms with E-state index in [-0.39, 0.29) is 22.7 Å². The number of esters is 2. The van der Waals surface area contributed by atoms with Gasteiger partial charge in [0.1, 0.15) is 11.5 Å². The van der Waals surface area contributed by atoms with Crippen molar-refractivity contribution < 1.29 is 19.1 Å². The zero-order chi connectivity index (χ0) is 24.1. The van der Waals surface area contributed by atoms with Crippen LogP contribution in [-0.4, -0.2) is 31.9 Å². The molecule has 170 valence electrons. The highest BCUT2D eigenvalue weighted by Gasteiger charge is 2.43. The topological polar surface area (TPSA) is 106 Å². The summed E-state index contributed by atoms with van der Waals surface area (Å²) in [6.45, 7) is 1.97. The summed E-state index contributed by atoms with van der Waals surface area (Å²) in [6, 6.07) is 16.1. The summed E-state index contributed by atoms with van der Waals surface area (Å²) in [4.78, 5) is 28.3. The van der Waals surface area contributed by atoms with Gasteiger partial charge < -0.3 is 15.2 Å². The third-order valence-corrected chi connectivity index (χ3v) is 6.25. The van der Waals surface area contributed by atoms with Gasteiger partial charge in [0.2, 0.25) is 0 Å². The van der Waals surface area contributed by atoms with Crippen molar-refractivity contribution >= 4 is 41.0 Å². The van der Waals surface area contributed by atoms with Crippen molar-refractivity contribution in [1.82, 2.24) is 0 Å². The van der Waals surface area contributed by atoms with Crippen LogP contribution in [0.5, 0.6) is 0 Å². The van der Waals surface area contributed by atoms with Crippen molar-refractivity contribution in [2.75, 3.05) is 24.9 Å². The summed E-state index contributed by atoms with van der Waals surface area (Å²) in [5, 5.41) is 10.5. The number of benzene rings is 2. The Labute approximate surface area is 201 Å². The van der Waals surface area contributed by atoms with Crippen molar-refractivity contribution in [2.45, 2.75) is 17.7 Å². The van der Waals surface area contributed by atoms with Gasteiger partial charge >= 0.3 is 11.9 Å². The molecule has 0 amide bonds. The van der Waals surface area contributed by atoms with Crippen LogP contribution in [0, 0.1) is 11.3 Å². The summed E-state index contributed by atoms with van der Waals surface area (Å²) < 4.78 is 10.1. The van der Waals surface area contributed by atoms with E-state index >= 15 is 0 Å². The molecule has 7 nitrogen and oxygen atoms in total. The summed E-state index contributed by atoms with van der Waals surface area (Å²) >= 11 is 7.78. The average molecular weight is 484 g/mol.